The lowest BCUT2D eigenvalue weighted by Gasteiger charge is -2.06. The number of thiophene rings is 1. The molecule has 0 aliphatic heterocycles. The molecule has 2 heterocycles. The molecule has 1 fully saturated rings. The number of rotatable bonds is 5. The predicted octanol–water partition coefficient (Wildman–Crippen LogP) is 4.25. The Hall–Kier alpha value is -0.710. The molecule has 3 rings (SSSR count). The van der Waals surface area contributed by atoms with Crippen molar-refractivity contribution in [3.63, 3.8) is 0 Å². The van der Waals surface area contributed by atoms with E-state index in [1.165, 1.54) is 33.3 Å². The fourth-order valence-electron chi connectivity index (χ4n) is 1.97. The first kappa shape index (κ1) is 12.3. The number of hydrogen-bond donors (Lipinski definition) is 1. The molecule has 4 heteroatoms. The third kappa shape index (κ3) is 2.66. The second-order valence-corrected chi connectivity index (χ2v) is 7.15. The smallest absolute Gasteiger partial charge is 0.133 e. The zero-order chi connectivity index (χ0) is 12.5. The Labute approximate surface area is 116 Å². The first-order chi connectivity index (χ1) is 8.74. The second kappa shape index (κ2) is 5.11. The molecule has 2 nitrogen and oxygen atoms in total. The van der Waals surface area contributed by atoms with E-state index >= 15 is 0 Å². The molecule has 0 radical (unpaired) electrons. The Morgan fingerprint density at radius 2 is 2.28 bits per heavy atom. The molecule has 2 aromatic heterocycles. The Bertz CT molecular complexity index is 510. The third-order valence-electron chi connectivity index (χ3n) is 3.09. The summed E-state index contributed by atoms with van der Waals surface area (Å²) in [4.78, 5) is 7.62. The summed E-state index contributed by atoms with van der Waals surface area (Å²) in [5.74, 6) is 0.735. The average molecular weight is 278 g/mol. The van der Waals surface area contributed by atoms with E-state index < -0.39 is 0 Å². The van der Waals surface area contributed by atoms with E-state index in [0.717, 1.165) is 12.5 Å². The summed E-state index contributed by atoms with van der Waals surface area (Å²) in [6, 6.07) is 4.80. The van der Waals surface area contributed by atoms with E-state index in [4.69, 9.17) is 4.98 Å². The van der Waals surface area contributed by atoms with Gasteiger partial charge in [-0.3, -0.25) is 0 Å². The summed E-state index contributed by atoms with van der Waals surface area (Å²) in [6.07, 6.45) is 2.64. The molecular formula is C14H18N2S2. The molecule has 0 spiro atoms. The highest BCUT2D eigenvalue weighted by molar-refractivity contribution is 7.21. The van der Waals surface area contributed by atoms with E-state index in [-0.39, 0.29) is 0 Å². The van der Waals surface area contributed by atoms with Gasteiger partial charge in [0.25, 0.3) is 0 Å². The second-order valence-electron chi connectivity index (χ2n) is 5.11. The van der Waals surface area contributed by atoms with E-state index in [1.807, 2.05) is 11.3 Å². The van der Waals surface area contributed by atoms with Crippen molar-refractivity contribution in [2.24, 2.45) is 0 Å². The van der Waals surface area contributed by atoms with Crippen LogP contribution in [0, 0.1) is 0 Å². The summed E-state index contributed by atoms with van der Waals surface area (Å²) in [5, 5.41) is 6.84. The number of nitrogens with zero attached hydrogens (tertiary/aromatic N) is 1. The molecule has 0 bridgehead atoms. The van der Waals surface area contributed by atoms with Crippen LogP contribution in [0.5, 0.6) is 0 Å². The SMILES string of the molecule is CC(C)NCc1sc(-c2cccs2)nc1C1CC1. The normalized spacial score (nSPS) is 15.5. The van der Waals surface area contributed by atoms with Crippen LogP contribution in [0.4, 0.5) is 0 Å². The minimum atomic E-state index is 0.532. The maximum Gasteiger partial charge on any atom is 0.133 e. The number of nitrogens with one attached hydrogen (secondary N) is 1. The maximum absolute atomic E-state index is 4.88. The van der Waals surface area contributed by atoms with Gasteiger partial charge in [0.1, 0.15) is 5.01 Å². The molecule has 2 aromatic rings. The molecule has 1 saturated carbocycles. The summed E-state index contributed by atoms with van der Waals surface area (Å²) in [7, 11) is 0. The van der Waals surface area contributed by atoms with Gasteiger partial charge in [0.15, 0.2) is 0 Å². The number of hydrogen-bond acceptors (Lipinski definition) is 4. The lowest BCUT2D eigenvalue weighted by Crippen LogP contribution is -2.21. The van der Waals surface area contributed by atoms with Crippen LogP contribution in [-0.2, 0) is 6.54 Å². The van der Waals surface area contributed by atoms with Gasteiger partial charge in [-0.05, 0) is 24.3 Å². The fourth-order valence-corrected chi connectivity index (χ4v) is 3.86. The van der Waals surface area contributed by atoms with Crippen molar-refractivity contribution in [1.82, 2.24) is 10.3 Å². The van der Waals surface area contributed by atoms with Gasteiger partial charge in [0.05, 0.1) is 10.6 Å². The third-order valence-corrected chi connectivity index (χ3v) is 5.20. The van der Waals surface area contributed by atoms with E-state index in [2.05, 4.69) is 36.7 Å². The lowest BCUT2D eigenvalue weighted by atomic mass is 10.2. The molecule has 0 unspecified atom stereocenters. The van der Waals surface area contributed by atoms with E-state index in [1.54, 1.807) is 11.3 Å². The van der Waals surface area contributed by atoms with Gasteiger partial charge < -0.3 is 5.32 Å². The lowest BCUT2D eigenvalue weighted by molar-refractivity contribution is 0.590. The van der Waals surface area contributed by atoms with Crippen molar-refractivity contribution in [3.05, 3.63) is 28.1 Å². The fraction of sp³-hybridized carbons (Fsp3) is 0.500. The van der Waals surface area contributed by atoms with Crippen molar-refractivity contribution in [3.8, 4) is 9.88 Å². The van der Waals surface area contributed by atoms with Crippen LogP contribution < -0.4 is 5.32 Å². The van der Waals surface area contributed by atoms with Gasteiger partial charge in [0, 0.05) is 23.4 Å². The zero-order valence-corrected chi connectivity index (χ0v) is 12.4. The average Bonchev–Trinajstić information content (AvgIpc) is 2.91. The molecule has 1 N–H and O–H groups in total. The van der Waals surface area contributed by atoms with Crippen LogP contribution in [0.2, 0.25) is 0 Å². The summed E-state index contributed by atoms with van der Waals surface area (Å²) >= 11 is 3.65. The van der Waals surface area contributed by atoms with Crippen molar-refractivity contribution in [2.75, 3.05) is 0 Å². The first-order valence-corrected chi connectivity index (χ1v) is 8.20. The molecule has 0 aromatic carbocycles. The highest BCUT2D eigenvalue weighted by Gasteiger charge is 2.29. The highest BCUT2D eigenvalue weighted by Crippen LogP contribution is 2.44. The largest absolute Gasteiger partial charge is 0.310 e. The van der Waals surface area contributed by atoms with Gasteiger partial charge in [-0.25, -0.2) is 4.98 Å². The van der Waals surface area contributed by atoms with E-state index in [0.29, 0.717) is 6.04 Å². The maximum atomic E-state index is 4.88. The Kier molecular flexibility index (Phi) is 3.50. The van der Waals surface area contributed by atoms with Gasteiger partial charge in [-0.2, -0.15) is 0 Å². The topological polar surface area (TPSA) is 24.9 Å². The van der Waals surface area contributed by atoms with Crippen LogP contribution in [0.15, 0.2) is 17.5 Å². The van der Waals surface area contributed by atoms with Crippen LogP contribution >= 0.6 is 22.7 Å². The molecule has 18 heavy (non-hydrogen) atoms. The monoisotopic (exact) mass is 278 g/mol. The van der Waals surface area contributed by atoms with E-state index in [9.17, 15) is 0 Å². The summed E-state index contributed by atoms with van der Waals surface area (Å²) in [5.41, 5.74) is 1.36. The van der Waals surface area contributed by atoms with Crippen LogP contribution in [0.1, 0.15) is 43.2 Å². The number of aromatic nitrogens is 1. The highest BCUT2D eigenvalue weighted by atomic mass is 32.1. The molecular weight excluding hydrogens is 260 g/mol. The van der Waals surface area contributed by atoms with Crippen LogP contribution in [0.25, 0.3) is 9.88 Å². The Morgan fingerprint density at radius 3 is 2.89 bits per heavy atom. The minimum Gasteiger partial charge on any atom is -0.310 e. The first-order valence-electron chi connectivity index (χ1n) is 6.51. The standard InChI is InChI=1S/C14H18N2S2/c1-9(2)15-8-12-13(10-5-6-10)16-14(18-12)11-4-3-7-17-11/h3-4,7,9-10,15H,5-6,8H2,1-2H3. The molecule has 0 saturated heterocycles. The Morgan fingerprint density at radius 1 is 1.44 bits per heavy atom. The zero-order valence-electron chi connectivity index (χ0n) is 10.8. The van der Waals surface area contributed by atoms with Gasteiger partial charge in [0.2, 0.25) is 0 Å². The summed E-state index contributed by atoms with van der Waals surface area (Å²) < 4.78 is 0. The molecule has 1 aliphatic rings. The van der Waals surface area contributed by atoms with Crippen molar-refractivity contribution in [1.29, 1.82) is 0 Å². The van der Waals surface area contributed by atoms with Crippen molar-refractivity contribution >= 4 is 22.7 Å². The van der Waals surface area contributed by atoms with Crippen molar-refractivity contribution in [2.45, 2.75) is 45.2 Å². The van der Waals surface area contributed by atoms with Crippen molar-refractivity contribution < 1.29 is 0 Å². The molecule has 0 amide bonds. The van der Waals surface area contributed by atoms with Gasteiger partial charge >= 0.3 is 0 Å². The predicted molar refractivity (Wildman–Crippen MR) is 79.4 cm³/mol. The quantitative estimate of drug-likeness (QED) is 0.884. The van der Waals surface area contributed by atoms with Gasteiger partial charge in [-0.15, -0.1) is 22.7 Å². The Balaban J connectivity index is 1.86. The summed E-state index contributed by atoms with van der Waals surface area (Å²) in [6.45, 7) is 5.35. The van der Waals surface area contributed by atoms with Crippen LogP contribution in [-0.4, -0.2) is 11.0 Å². The minimum absolute atomic E-state index is 0.532. The van der Waals surface area contributed by atoms with Gasteiger partial charge in [-0.1, -0.05) is 19.9 Å². The molecule has 0 atom stereocenters. The van der Waals surface area contributed by atoms with Crippen LogP contribution in [0.3, 0.4) is 0 Å². The molecule has 96 valence electrons. The number of thiazole rings is 1. The molecule has 1 aliphatic carbocycles.